The molecule has 0 saturated carbocycles. The number of fused-ring (bicyclic) bond motifs is 2. The van der Waals surface area contributed by atoms with Crippen LogP contribution in [0.5, 0.6) is 11.5 Å². The summed E-state index contributed by atoms with van der Waals surface area (Å²) < 4.78 is 18.2. The second-order valence-corrected chi connectivity index (χ2v) is 7.04. The Hall–Kier alpha value is -3.75. The van der Waals surface area contributed by atoms with Gasteiger partial charge in [0.2, 0.25) is 6.10 Å². The fraction of sp³-hybridized carbons (Fsp3) is 0.318. The van der Waals surface area contributed by atoms with Gasteiger partial charge in [-0.15, -0.1) is 0 Å². The first-order valence-electron chi connectivity index (χ1n) is 10.1. The number of rotatable bonds is 6. The number of para-hydroxylation sites is 2. The van der Waals surface area contributed by atoms with E-state index in [4.69, 9.17) is 14.2 Å². The van der Waals surface area contributed by atoms with Crippen molar-refractivity contribution in [2.45, 2.75) is 19.4 Å². The lowest BCUT2D eigenvalue weighted by atomic mass is 10.2. The molecule has 3 aromatic rings. The van der Waals surface area contributed by atoms with Gasteiger partial charge < -0.3 is 24.1 Å². The fourth-order valence-electron chi connectivity index (χ4n) is 3.40. The molecule has 1 atom stereocenters. The summed E-state index contributed by atoms with van der Waals surface area (Å²) in [5.41, 5.74) is 2.29. The number of anilines is 1. The molecule has 4 rings (SSSR count). The molecule has 2 N–H and O–H groups in total. The number of aromatic nitrogens is 2. The van der Waals surface area contributed by atoms with Gasteiger partial charge >= 0.3 is 6.09 Å². The third-order valence-corrected chi connectivity index (χ3v) is 4.94. The Bertz CT molecular complexity index is 1110. The van der Waals surface area contributed by atoms with Crippen molar-refractivity contribution in [3.63, 3.8) is 0 Å². The highest BCUT2D eigenvalue weighted by atomic mass is 16.6. The quantitative estimate of drug-likeness (QED) is 0.631. The number of nitrogens with zero attached hydrogens (tertiary/aromatic N) is 2. The van der Waals surface area contributed by atoms with E-state index >= 15 is 0 Å². The second kappa shape index (κ2) is 8.95. The number of ether oxygens (including phenoxy) is 3. The number of carbonyl (C=O) groups is 2. The highest BCUT2D eigenvalue weighted by molar-refractivity contribution is 5.89. The smallest absolute Gasteiger partial charge is 0.411 e. The summed E-state index contributed by atoms with van der Waals surface area (Å²) in [4.78, 5) is 28.7. The van der Waals surface area contributed by atoms with Crippen LogP contribution in [-0.2, 0) is 23.0 Å². The van der Waals surface area contributed by atoms with Gasteiger partial charge in [0.1, 0.15) is 12.4 Å². The predicted octanol–water partition coefficient (Wildman–Crippen LogP) is 2.64. The lowest BCUT2D eigenvalue weighted by molar-refractivity contribution is -0.130. The Morgan fingerprint density at radius 2 is 2.03 bits per heavy atom. The Morgan fingerprint density at radius 3 is 2.84 bits per heavy atom. The van der Waals surface area contributed by atoms with E-state index in [9.17, 15) is 9.59 Å². The third kappa shape index (κ3) is 4.55. The summed E-state index contributed by atoms with van der Waals surface area (Å²) in [7, 11) is 1.92. The Morgan fingerprint density at radius 1 is 1.23 bits per heavy atom. The van der Waals surface area contributed by atoms with Crippen LogP contribution < -0.4 is 20.1 Å². The van der Waals surface area contributed by atoms with Crippen LogP contribution in [0.4, 0.5) is 10.5 Å². The van der Waals surface area contributed by atoms with Crippen LogP contribution >= 0.6 is 0 Å². The SMILES string of the molecule is CCOC(=O)Nc1ccc2c(c1)nc(CCNC(=O)C1COc3ccccc3O1)n2C. The number of carbonyl (C=O) groups excluding carboxylic acids is 2. The molecule has 162 valence electrons. The maximum atomic E-state index is 12.5. The minimum atomic E-state index is -0.688. The second-order valence-electron chi connectivity index (χ2n) is 7.04. The Kier molecular flexibility index (Phi) is 5.92. The van der Waals surface area contributed by atoms with Crippen LogP contribution in [-0.4, -0.2) is 47.4 Å². The number of benzene rings is 2. The maximum Gasteiger partial charge on any atom is 0.411 e. The number of hydrogen-bond acceptors (Lipinski definition) is 6. The maximum absolute atomic E-state index is 12.5. The van der Waals surface area contributed by atoms with Crippen molar-refractivity contribution in [2.75, 3.05) is 25.1 Å². The molecule has 0 saturated heterocycles. The largest absolute Gasteiger partial charge is 0.485 e. The van der Waals surface area contributed by atoms with Crippen LogP contribution in [0.25, 0.3) is 11.0 Å². The van der Waals surface area contributed by atoms with Gasteiger partial charge in [-0.05, 0) is 37.3 Å². The molecule has 1 aliphatic heterocycles. The molecule has 1 aliphatic rings. The highest BCUT2D eigenvalue weighted by Gasteiger charge is 2.27. The predicted molar refractivity (Wildman–Crippen MR) is 114 cm³/mol. The monoisotopic (exact) mass is 424 g/mol. The van der Waals surface area contributed by atoms with Crippen molar-refractivity contribution in [2.24, 2.45) is 7.05 Å². The lowest BCUT2D eigenvalue weighted by Gasteiger charge is -2.25. The number of hydrogen-bond donors (Lipinski definition) is 2. The molecule has 9 heteroatoms. The minimum absolute atomic E-state index is 0.172. The van der Waals surface area contributed by atoms with Crippen molar-refractivity contribution in [1.82, 2.24) is 14.9 Å². The van der Waals surface area contributed by atoms with Gasteiger partial charge in [-0.3, -0.25) is 10.1 Å². The van der Waals surface area contributed by atoms with Crippen molar-refractivity contribution >= 4 is 28.7 Å². The van der Waals surface area contributed by atoms with Gasteiger partial charge in [-0.25, -0.2) is 9.78 Å². The zero-order chi connectivity index (χ0) is 21.8. The van der Waals surface area contributed by atoms with E-state index in [1.807, 2.05) is 35.9 Å². The van der Waals surface area contributed by atoms with Crippen LogP contribution in [0.1, 0.15) is 12.7 Å². The molecular formula is C22H24N4O5. The molecule has 1 aromatic heterocycles. The van der Waals surface area contributed by atoms with Crippen LogP contribution in [0.3, 0.4) is 0 Å². The average molecular weight is 424 g/mol. The van der Waals surface area contributed by atoms with Crippen LogP contribution in [0, 0.1) is 0 Å². The summed E-state index contributed by atoms with van der Waals surface area (Å²) in [5.74, 6) is 1.79. The minimum Gasteiger partial charge on any atom is -0.485 e. The number of amides is 2. The third-order valence-electron chi connectivity index (χ3n) is 4.94. The summed E-state index contributed by atoms with van der Waals surface area (Å²) in [6, 6.07) is 12.7. The van der Waals surface area contributed by atoms with Crippen molar-refractivity contribution in [3.8, 4) is 11.5 Å². The Balaban J connectivity index is 1.35. The molecule has 9 nitrogen and oxygen atoms in total. The first-order valence-corrected chi connectivity index (χ1v) is 10.1. The van der Waals surface area contributed by atoms with Crippen molar-refractivity contribution in [3.05, 3.63) is 48.3 Å². The molecule has 0 aliphatic carbocycles. The van der Waals surface area contributed by atoms with Crippen molar-refractivity contribution < 1.29 is 23.8 Å². The first-order chi connectivity index (χ1) is 15.0. The lowest BCUT2D eigenvalue weighted by Crippen LogP contribution is -2.44. The molecule has 2 amide bonds. The van der Waals surface area contributed by atoms with Crippen LogP contribution in [0.15, 0.2) is 42.5 Å². The molecule has 2 aromatic carbocycles. The van der Waals surface area contributed by atoms with Gasteiger partial charge in [0.15, 0.2) is 11.5 Å². The van der Waals surface area contributed by atoms with E-state index in [2.05, 4.69) is 15.6 Å². The molecule has 1 unspecified atom stereocenters. The summed E-state index contributed by atoms with van der Waals surface area (Å²) in [6.45, 7) is 2.63. The number of aryl methyl sites for hydroxylation is 1. The molecule has 0 fully saturated rings. The van der Waals surface area contributed by atoms with Gasteiger partial charge in [0.25, 0.3) is 5.91 Å². The topological polar surface area (TPSA) is 104 Å². The van der Waals surface area contributed by atoms with Gasteiger partial charge in [-0.1, -0.05) is 12.1 Å². The summed E-state index contributed by atoms with van der Waals surface area (Å²) in [6.07, 6.45) is -0.647. The summed E-state index contributed by atoms with van der Waals surface area (Å²) >= 11 is 0. The normalized spacial score (nSPS) is 14.8. The molecule has 0 spiro atoms. The van der Waals surface area contributed by atoms with E-state index in [-0.39, 0.29) is 12.5 Å². The fourth-order valence-corrected chi connectivity index (χ4v) is 3.40. The molecule has 0 radical (unpaired) electrons. The van der Waals surface area contributed by atoms with Gasteiger partial charge in [0, 0.05) is 25.7 Å². The highest BCUT2D eigenvalue weighted by Crippen LogP contribution is 2.30. The zero-order valence-corrected chi connectivity index (χ0v) is 17.4. The molecule has 31 heavy (non-hydrogen) atoms. The Labute approximate surface area is 179 Å². The van der Waals surface area contributed by atoms with E-state index < -0.39 is 12.2 Å². The van der Waals surface area contributed by atoms with Gasteiger partial charge in [-0.2, -0.15) is 0 Å². The first kappa shape index (κ1) is 20.5. The van der Waals surface area contributed by atoms with E-state index in [0.29, 0.717) is 36.8 Å². The standard InChI is InChI=1S/C22H24N4O5/c1-3-29-22(28)24-14-8-9-16-15(12-14)25-20(26(16)2)10-11-23-21(27)19-13-30-17-6-4-5-7-18(17)31-19/h4-9,12,19H,3,10-11,13H2,1-2H3,(H,23,27)(H,24,28). The van der Waals surface area contributed by atoms with E-state index in [0.717, 1.165) is 16.9 Å². The van der Waals surface area contributed by atoms with E-state index in [1.165, 1.54) is 0 Å². The van der Waals surface area contributed by atoms with Gasteiger partial charge in [0.05, 0.1) is 17.6 Å². The average Bonchev–Trinajstić information content (AvgIpc) is 3.08. The number of nitrogens with one attached hydrogen (secondary N) is 2. The van der Waals surface area contributed by atoms with Crippen LogP contribution in [0.2, 0.25) is 0 Å². The zero-order valence-electron chi connectivity index (χ0n) is 17.4. The summed E-state index contributed by atoms with van der Waals surface area (Å²) in [5, 5.41) is 5.56. The molecular weight excluding hydrogens is 400 g/mol. The number of imidazole rings is 1. The molecule has 2 heterocycles. The van der Waals surface area contributed by atoms with E-state index in [1.54, 1.807) is 25.1 Å². The molecule has 0 bridgehead atoms. The van der Waals surface area contributed by atoms with Crippen molar-refractivity contribution in [1.29, 1.82) is 0 Å².